The normalized spacial score (nSPS) is 10.4. The molecule has 0 aliphatic carbocycles. The van der Waals surface area contributed by atoms with Gasteiger partial charge in [0.15, 0.2) is 5.82 Å². The quantitative estimate of drug-likeness (QED) is 0.895. The van der Waals surface area contributed by atoms with Crippen molar-refractivity contribution in [3.8, 4) is 0 Å². The third-order valence-corrected chi connectivity index (χ3v) is 2.80. The fourth-order valence-electron chi connectivity index (χ4n) is 1.31. The maximum Gasteiger partial charge on any atom is 0.156 e. The Kier molecular flexibility index (Phi) is 4.98. The van der Waals surface area contributed by atoms with Crippen molar-refractivity contribution in [3.05, 3.63) is 16.0 Å². The molecule has 15 heavy (non-hydrogen) atoms. The van der Waals surface area contributed by atoms with Gasteiger partial charge in [0.2, 0.25) is 0 Å². The van der Waals surface area contributed by atoms with E-state index in [1.807, 2.05) is 7.05 Å². The van der Waals surface area contributed by atoms with Crippen LogP contribution < -0.4 is 5.32 Å². The van der Waals surface area contributed by atoms with Gasteiger partial charge in [0.25, 0.3) is 0 Å². The van der Waals surface area contributed by atoms with Crippen molar-refractivity contribution in [2.75, 3.05) is 19.5 Å². The van der Waals surface area contributed by atoms with Crippen molar-refractivity contribution < 1.29 is 4.74 Å². The molecule has 0 saturated heterocycles. The molecular weight excluding hydrogens is 258 g/mol. The lowest BCUT2D eigenvalue weighted by molar-refractivity contribution is 0.177. The smallest absolute Gasteiger partial charge is 0.156 e. The number of aryl methyl sites for hydroxylation is 1. The fourth-order valence-corrected chi connectivity index (χ4v) is 1.88. The second kappa shape index (κ2) is 6.02. The summed E-state index contributed by atoms with van der Waals surface area (Å²) in [5.74, 6) is 1.54. The van der Waals surface area contributed by atoms with Gasteiger partial charge in [0.05, 0.1) is 10.2 Å². The molecule has 4 nitrogen and oxygen atoms in total. The van der Waals surface area contributed by atoms with Gasteiger partial charge in [-0.2, -0.15) is 0 Å². The first-order chi connectivity index (χ1) is 7.22. The molecule has 0 atom stereocenters. The van der Waals surface area contributed by atoms with E-state index >= 15 is 0 Å². The van der Waals surface area contributed by atoms with Gasteiger partial charge in [0, 0.05) is 14.2 Å². The van der Waals surface area contributed by atoms with Gasteiger partial charge in [0.1, 0.15) is 12.4 Å². The summed E-state index contributed by atoms with van der Waals surface area (Å²) in [5.41, 5.74) is 1.03. The van der Waals surface area contributed by atoms with Crippen LogP contribution in [-0.4, -0.2) is 24.1 Å². The fraction of sp³-hybridized carbons (Fsp3) is 0.600. The van der Waals surface area contributed by atoms with Crippen LogP contribution in [-0.2, 0) is 17.8 Å². The molecule has 5 heteroatoms. The highest BCUT2D eigenvalue weighted by Crippen LogP contribution is 2.24. The molecule has 0 radical (unpaired) electrons. The third kappa shape index (κ3) is 3.14. The third-order valence-electron chi connectivity index (χ3n) is 1.96. The van der Waals surface area contributed by atoms with Crippen LogP contribution in [0.2, 0.25) is 0 Å². The zero-order valence-electron chi connectivity index (χ0n) is 9.30. The molecule has 1 aromatic rings. The average molecular weight is 274 g/mol. The van der Waals surface area contributed by atoms with E-state index in [0.29, 0.717) is 12.4 Å². The molecule has 0 amide bonds. The van der Waals surface area contributed by atoms with Crippen LogP contribution in [0.15, 0.2) is 4.47 Å². The van der Waals surface area contributed by atoms with Crippen molar-refractivity contribution in [2.24, 2.45) is 0 Å². The molecule has 1 rings (SSSR count). The topological polar surface area (TPSA) is 47.0 Å². The number of methoxy groups -OCH3 is 1. The van der Waals surface area contributed by atoms with Crippen molar-refractivity contribution >= 4 is 21.7 Å². The molecule has 0 spiro atoms. The Hall–Kier alpha value is -0.680. The molecule has 84 valence electrons. The van der Waals surface area contributed by atoms with Gasteiger partial charge in [-0.1, -0.05) is 13.3 Å². The van der Waals surface area contributed by atoms with E-state index in [2.05, 4.69) is 38.1 Å². The summed E-state index contributed by atoms with van der Waals surface area (Å²) in [6.45, 7) is 2.57. The minimum atomic E-state index is 0.443. The summed E-state index contributed by atoms with van der Waals surface area (Å²) in [5, 5.41) is 3.04. The Labute approximate surface area is 98.6 Å². The maximum absolute atomic E-state index is 5.03. The Bertz CT molecular complexity index is 331. The SMILES string of the molecule is CCCc1nc(COC)nc(NC)c1Br. The van der Waals surface area contributed by atoms with Crippen LogP contribution in [0.1, 0.15) is 24.9 Å². The zero-order valence-corrected chi connectivity index (χ0v) is 10.9. The first kappa shape index (κ1) is 12.4. The van der Waals surface area contributed by atoms with Crippen molar-refractivity contribution in [3.63, 3.8) is 0 Å². The van der Waals surface area contributed by atoms with Crippen LogP contribution in [0.5, 0.6) is 0 Å². The Morgan fingerprint density at radius 3 is 2.67 bits per heavy atom. The van der Waals surface area contributed by atoms with E-state index < -0.39 is 0 Å². The van der Waals surface area contributed by atoms with E-state index in [-0.39, 0.29) is 0 Å². The molecule has 1 N–H and O–H groups in total. The lowest BCUT2D eigenvalue weighted by Crippen LogP contribution is -2.06. The Morgan fingerprint density at radius 1 is 1.40 bits per heavy atom. The number of halogens is 1. The molecule has 1 heterocycles. The summed E-state index contributed by atoms with van der Waals surface area (Å²) in [6, 6.07) is 0. The average Bonchev–Trinajstić information content (AvgIpc) is 2.23. The number of ether oxygens (including phenoxy) is 1. The summed E-state index contributed by atoms with van der Waals surface area (Å²) in [6.07, 6.45) is 2.00. The van der Waals surface area contributed by atoms with E-state index in [4.69, 9.17) is 4.74 Å². The number of anilines is 1. The summed E-state index contributed by atoms with van der Waals surface area (Å²) in [7, 11) is 3.49. The van der Waals surface area contributed by atoms with Crippen molar-refractivity contribution in [1.29, 1.82) is 0 Å². The lowest BCUT2D eigenvalue weighted by atomic mass is 10.2. The minimum absolute atomic E-state index is 0.443. The van der Waals surface area contributed by atoms with Gasteiger partial charge >= 0.3 is 0 Å². The van der Waals surface area contributed by atoms with Gasteiger partial charge in [-0.25, -0.2) is 9.97 Å². The lowest BCUT2D eigenvalue weighted by Gasteiger charge is -2.09. The molecule has 0 bridgehead atoms. The molecular formula is C10H16BrN3O. The Morgan fingerprint density at radius 2 is 2.13 bits per heavy atom. The minimum Gasteiger partial charge on any atom is -0.377 e. The number of nitrogens with zero attached hydrogens (tertiary/aromatic N) is 2. The highest BCUT2D eigenvalue weighted by Gasteiger charge is 2.10. The van der Waals surface area contributed by atoms with Crippen molar-refractivity contribution in [1.82, 2.24) is 9.97 Å². The summed E-state index contributed by atoms with van der Waals surface area (Å²) >= 11 is 3.50. The molecule has 0 aromatic carbocycles. The predicted molar refractivity (Wildman–Crippen MR) is 64.0 cm³/mol. The second-order valence-corrected chi connectivity index (χ2v) is 3.98. The summed E-state index contributed by atoms with van der Waals surface area (Å²) < 4.78 is 5.98. The summed E-state index contributed by atoms with van der Waals surface area (Å²) in [4.78, 5) is 8.77. The second-order valence-electron chi connectivity index (χ2n) is 3.18. The number of hydrogen-bond donors (Lipinski definition) is 1. The number of hydrogen-bond acceptors (Lipinski definition) is 4. The van der Waals surface area contributed by atoms with Crippen LogP contribution in [0, 0.1) is 0 Å². The van der Waals surface area contributed by atoms with Crippen molar-refractivity contribution in [2.45, 2.75) is 26.4 Å². The maximum atomic E-state index is 5.03. The van der Waals surface area contributed by atoms with Gasteiger partial charge in [-0.3, -0.25) is 0 Å². The molecule has 0 saturated carbocycles. The standard InChI is InChI=1S/C10H16BrN3O/c1-4-5-7-9(11)10(12-2)14-8(13-7)6-15-3/h4-6H2,1-3H3,(H,12,13,14). The van der Waals surface area contributed by atoms with Crippen LogP contribution in [0.3, 0.4) is 0 Å². The largest absolute Gasteiger partial charge is 0.377 e. The molecule has 0 aliphatic heterocycles. The van der Waals surface area contributed by atoms with E-state index in [1.165, 1.54) is 0 Å². The molecule has 1 aromatic heterocycles. The van der Waals surface area contributed by atoms with Gasteiger partial charge < -0.3 is 10.1 Å². The number of rotatable bonds is 5. The zero-order chi connectivity index (χ0) is 11.3. The molecule has 0 aliphatic rings. The molecule has 0 fully saturated rings. The highest BCUT2D eigenvalue weighted by molar-refractivity contribution is 9.10. The predicted octanol–water partition coefficient (Wildman–Crippen LogP) is 2.38. The van der Waals surface area contributed by atoms with Crippen LogP contribution in [0.25, 0.3) is 0 Å². The van der Waals surface area contributed by atoms with E-state index in [1.54, 1.807) is 7.11 Å². The van der Waals surface area contributed by atoms with Gasteiger partial charge in [-0.05, 0) is 22.4 Å². The van der Waals surface area contributed by atoms with Crippen LogP contribution in [0.4, 0.5) is 5.82 Å². The van der Waals surface area contributed by atoms with Gasteiger partial charge in [-0.15, -0.1) is 0 Å². The number of nitrogens with one attached hydrogen (secondary N) is 1. The van der Waals surface area contributed by atoms with Crippen LogP contribution >= 0.6 is 15.9 Å². The first-order valence-corrected chi connectivity index (χ1v) is 5.74. The highest BCUT2D eigenvalue weighted by atomic mass is 79.9. The monoisotopic (exact) mass is 273 g/mol. The Balaban J connectivity index is 3.07. The number of aromatic nitrogens is 2. The molecule has 0 unspecified atom stereocenters. The van der Waals surface area contributed by atoms with E-state index in [9.17, 15) is 0 Å². The van der Waals surface area contributed by atoms with E-state index in [0.717, 1.165) is 28.8 Å². The first-order valence-electron chi connectivity index (χ1n) is 4.94.